The van der Waals surface area contributed by atoms with Gasteiger partial charge in [0.05, 0.1) is 25.3 Å². The first-order chi connectivity index (χ1) is 18.9. The van der Waals surface area contributed by atoms with Crippen LogP contribution in [0.3, 0.4) is 0 Å². The van der Waals surface area contributed by atoms with Crippen molar-refractivity contribution in [3.05, 3.63) is 83.5 Å². The number of carbonyl (C=O) groups is 2. The number of amides is 2. The Morgan fingerprint density at radius 3 is 2.77 bits per heavy atom. The van der Waals surface area contributed by atoms with Crippen LogP contribution in [-0.2, 0) is 31.0 Å². The minimum atomic E-state index is -0.879. The maximum Gasteiger partial charge on any atom is 0.291 e. The van der Waals surface area contributed by atoms with E-state index in [-0.39, 0.29) is 18.3 Å². The van der Waals surface area contributed by atoms with E-state index in [0.717, 1.165) is 49.0 Å². The number of fused-ring (bicyclic) bond motifs is 2. The Balaban J connectivity index is 1.10. The normalized spacial score (nSPS) is 17.2. The summed E-state index contributed by atoms with van der Waals surface area (Å²) in [6.45, 7) is 5.51. The van der Waals surface area contributed by atoms with Crippen molar-refractivity contribution in [1.82, 2.24) is 39.7 Å². The van der Waals surface area contributed by atoms with Gasteiger partial charge in [-0.25, -0.2) is 19.3 Å². The molecule has 1 atom stereocenters. The fourth-order valence-electron chi connectivity index (χ4n) is 4.92. The number of aromatic nitrogens is 6. The Morgan fingerprint density at radius 1 is 1.08 bits per heavy atom. The number of ether oxygens (including phenoxy) is 1. The van der Waals surface area contributed by atoms with Gasteiger partial charge in [-0.05, 0) is 30.2 Å². The highest BCUT2D eigenvalue weighted by atomic mass is 16.5. The lowest BCUT2D eigenvalue weighted by Crippen LogP contribution is -2.49. The molecule has 12 nitrogen and oxygen atoms in total. The van der Waals surface area contributed by atoms with Crippen LogP contribution in [-0.4, -0.2) is 72.5 Å². The molecular formula is C27H29N9O3. The SMILES string of the molecule is Cc1nc2n(n1)CCN(Cc1ccc3c(c1)OCC(NC(=O)c1ncn(Cc4ccccc4)n1)C(=O)N3C)C2. The molecule has 2 aliphatic rings. The van der Waals surface area contributed by atoms with Crippen LogP contribution in [0.5, 0.6) is 5.75 Å². The number of hydrogen-bond acceptors (Lipinski definition) is 8. The molecular weight excluding hydrogens is 498 g/mol. The van der Waals surface area contributed by atoms with E-state index in [1.165, 1.54) is 11.2 Å². The maximum atomic E-state index is 13.2. The number of anilines is 1. The second-order valence-corrected chi connectivity index (χ2v) is 9.80. The third kappa shape index (κ3) is 5.23. The molecule has 4 aromatic rings. The fraction of sp³-hybridized carbons (Fsp3) is 0.333. The summed E-state index contributed by atoms with van der Waals surface area (Å²) in [5.74, 6) is 1.55. The van der Waals surface area contributed by atoms with Crippen LogP contribution in [0.25, 0.3) is 0 Å². The minimum absolute atomic E-state index is 0.00186. The first-order valence-electron chi connectivity index (χ1n) is 12.8. The Labute approximate surface area is 225 Å². The quantitative estimate of drug-likeness (QED) is 0.399. The standard InChI is InChI=1S/C27H29N9O3/c1-18-29-24-15-34(10-11-36(24)31-18)13-20-8-9-22-23(12-20)39-16-21(27(38)33(22)2)30-26(37)25-28-17-35(32-25)14-19-6-4-3-5-7-19/h3-9,12,17,21H,10-11,13-16H2,1-2H3,(H,30,37). The predicted molar refractivity (Wildman–Crippen MR) is 141 cm³/mol. The fourth-order valence-corrected chi connectivity index (χ4v) is 4.92. The van der Waals surface area contributed by atoms with Crippen molar-refractivity contribution in [1.29, 1.82) is 0 Å². The lowest BCUT2D eigenvalue weighted by atomic mass is 10.1. The van der Waals surface area contributed by atoms with Gasteiger partial charge in [0, 0.05) is 20.1 Å². The van der Waals surface area contributed by atoms with Crippen LogP contribution in [0.2, 0.25) is 0 Å². The van der Waals surface area contributed by atoms with E-state index < -0.39 is 11.9 Å². The zero-order valence-electron chi connectivity index (χ0n) is 21.8. The van der Waals surface area contributed by atoms with Gasteiger partial charge in [0.25, 0.3) is 11.8 Å². The summed E-state index contributed by atoms with van der Waals surface area (Å²) >= 11 is 0. The maximum absolute atomic E-state index is 13.2. The Bertz CT molecular complexity index is 1510. The van der Waals surface area contributed by atoms with Crippen molar-refractivity contribution < 1.29 is 14.3 Å². The van der Waals surface area contributed by atoms with Crippen LogP contribution in [0, 0.1) is 6.92 Å². The van der Waals surface area contributed by atoms with E-state index in [1.54, 1.807) is 11.7 Å². The molecule has 2 amide bonds. The predicted octanol–water partition coefficient (Wildman–Crippen LogP) is 1.40. The first kappa shape index (κ1) is 24.7. The molecule has 0 bridgehead atoms. The molecule has 2 aliphatic heterocycles. The first-order valence-corrected chi connectivity index (χ1v) is 12.8. The topological polar surface area (TPSA) is 123 Å². The number of nitrogens with one attached hydrogen (secondary N) is 1. The molecule has 1 unspecified atom stereocenters. The second kappa shape index (κ2) is 10.3. The van der Waals surface area contributed by atoms with Gasteiger partial charge in [0.2, 0.25) is 5.82 Å². The molecule has 2 aromatic carbocycles. The molecule has 0 spiro atoms. The van der Waals surface area contributed by atoms with Crippen LogP contribution in [0.4, 0.5) is 5.69 Å². The summed E-state index contributed by atoms with van der Waals surface area (Å²) in [7, 11) is 1.68. The molecule has 1 N–H and O–H groups in total. The molecule has 0 fully saturated rings. The van der Waals surface area contributed by atoms with Crippen molar-refractivity contribution in [2.75, 3.05) is 25.1 Å². The van der Waals surface area contributed by atoms with Crippen molar-refractivity contribution in [2.24, 2.45) is 0 Å². The summed E-state index contributed by atoms with van der Waals surface area (Å²) < 4.78 is 9.60. The van der Waals surface area contributed by atoms with Gasteiger partial charge in [-0.15, -0.1) is 5.10 Å². The summed E-state index contributed by atoms with van der Waals surface area (Å²) in [5, 5.41) is 11.4. The molecule has 0 radical (unpaired) electrons. The van der Waals surface area contributed by atoms with Gasteiger partial charge in [0.1, 0.15) is 36.4 Å². The molecule has 2 aromatic heterocycles. The molecule has 39 heavy (non-hydrogen) atoms. The minimum Gasteiger partial charge on any atom is -0.489 e. The molecule has 6 rings (SSSR count). The average molecular weight is 528 g/mol. The van der Waals surface area contributed by atoms with E-state index in [1.807, 2.05) is 60.1 Å². The number of benzene rings is 2. The number of rotatable bonds is 6. The van der Waals surface area contributed by atoms with E-state index >= 15 is 0 Å². The van der Waals surface area contributed by atoms with Gasteiger partial charge >= 0.3 is 0 Å². The summed E-state index contributed by atoms with van der Waals surface area (Å²) in [6, 6.07) is 14.7. The van der Waals surface area contributed by atoms with Gasteiger partial charge in [0.15, 0.2) is 0 Å². The lowest BCUT2D eigenvalue weighted by Gasteiger charge is -2.27. The zero-order valence-corrected chi connectivity index (χ0v) is 21.8. The lowest BCUT2D eigenvalue weighted by molar-refractivity contribution is -0.120. The number of aryl methyl sites for hydroxylation is 1. The number of likely N-dealkylation sites (N-methyl/N-ethyl adjacent to an activating group) is 1. The van der Waals surface area contributed by atoms with Crippen LogP contribution in [0.15, 0.2) is 54.9 Å². The van der Waals surface area contributed by atoms with Gasteiger partial charge < -0.3 is 15.0 Å². The van der Waals surface area contributed by atoms with E-state index in [4.69, 9.17) is 4.74 Å². The van der Waals surface area contributed by atoms with Crippen LogP contribution >= 0.6 is 0 Å². The second-order valence-electron chi connectivity index (χ2n) is 9.80. The number of carbonyl (C=O) groups excluding carboxylic acids is 2. The smallest absolute Gasteiger partial charge is 0.291 e. The summed E-state index contributed by atoms with van der Waals surface area (Å²) in [4.78, 5) is 38.6. The Hall–Kier alpha value is -4.58. The molecule has 0 saturated heterocycles. The number of nitrogens with zero attached hydrogens (tertiary/aromatic N) is 8. The average Bonchev–Trinajstić information content (AvgIpc) is 3.53. The van der Waals surface area contributed by atoms with Crippen molar-refractivity contribution in [3.8, 4) is 5.75 Å². The monoisotopic (exact) mass is 527 g/mol. The van der Waals surface area contributed by atoms with E-state index in [9.17, 15) is 9.59 Å². The molecule has 0 saturated carbocycles. The van der Waals surface area contributed by atoms with Gasteiger partial charge in [-0.1, -0.05) is 36.4 Å². The Morgan fingerprint density at radius 2 is 1.92 bits per heavy atom. The largest absolute Gasteiger partial charge is 0.489 e. The molecule has 0 aliphatic carbocycles. The molecule has 12 heteroatoms. The van der Waals surface area contributed by atoms with Crippen molar-refractivity contribution >= 4 is 17.5 Å². The van der Waals surface area contributed by atoms with Crippen LogP contribution in [0.1, 0.15) is 33.4 Å². The van der Waals surface area contributed by atoms with Gasteiger partial charge in [-0.3, -0.25) is 14.5 Å². The highest BCUT2D eigenvalue weighted by molar-refractivity contribution is 6.02. The Kier molecular flexibility index (Phi) is 6.53. The van der Waals surface area contributed by atoms with E-state index in [0.29, 0.717) is 18.0 Å². The zero-order chi connectivity index (χ0) is 26.9. The third-order valence-electron chi connectivity index (χ3n) is 6.91. The van der Waals surface area contributed by atoms with E-state index in [2.05, 4.69) is 30.4 Å². The molecule has 4 heterocycles. The van der Waals surface area contributed by atoms with Crippen LogP contribution < -0.4 is 15.0 Å². The molecule has 200 valence electrons. The highest BCUT2D eigenvalue weighted by Gasteiger charge is 2.32. The summed E-state index contributed by atoms with van der Waals surface area (Å²) in [5.41, 5.74) is 2.76. The van der Waals surface area contributed by atoms with Crippen molar-refractivity contribution in [3.63, 3.8) is 0 Å². The van der Waals surface area contributed by atoms with Crippen molar-refractivity contribution in [2.45, 2.75) is 39.1 Å². The highest BCUT2D eigenvalue weighted by Crippen LogP contribution is 2.32. The third-order valence-corrected chi connectivity index (χ3v) is 6.91. The number of hydrogen-bond donors (Lipinski definition) is 1. The summed E-state index contributed by atoms with van der Waals surface area (Å²) in [6.07, 6.45) is 1.50. The van der Waals surface area contributed by atoms with Gasteiger partial charge in [-0.2, -0.15) is 5.10 Å².